The van der Waals surface area contributed by atoms with Crippen LogP contribution in [0.4, 0.5) is 5.69 Å². The maximum atomic E-state index is 4.48. The summed E-state index contributed by atoms with van der Waals surface area (Å²) in [6, 6.07) is 4.01. The van der Waals surface area contributed by atoms with Gasteiger partial charge in [-0.3, -0.25) is 9.97 Å². The van der Waals surface area contributed by atoms with Crippen molar-refractivity contribution in [2.24, 2.45) is 5.92 Å². The lowest BCUT2D eigenvalue weighted by Gasteiger charge is -2.30. The lowest BCUT2D eigenvalue weighted by Crippen LogP contribution is -2.35. The SMILES string of the molecule is CN1CCCC(CNc2ccnc3cc(Br)cnc23)C1. The zero-order chi connectivity index (χ0) is 13.9. The lowest BCUT2D eigenvalue weighted by atomic mass is 9.98. The van der Waals surface area contributed by atoms with Crippen molar-refractivity contribution in [3.05, 3.63) is 29.0 Å². The monoisotopic (exact) mass is 334 g/mol. The topological polar surface area (TPSA) is 41.0 Å². The highest BCUT2D eigenvalue weighted by molar-refractivity contribution is 9.10. The predicted molar refractivity (Wildman–Crippen MR) is 85.9 cm³/mol. The molecular weight excluding hydrogens is 316 g/mol. The average molecular weight is 335 g/mol. The molecule has 1 atom stereocenters. The number of aromatic nitrogens is 2. The molecule has 0 bridgehead atoms. The van der Waals surface area contributed by atoms with Gasteiger partial charge in [0.25, 0.3) is 0 Å². The molecule has 1 N–H and O–H groups in total. The molecule has 106 valence electrons. The summed E-state index contributed by atoms with van der Waals surface area (Å²) >= 11 is 3.44. The molecule has 1 saturated heterocycles. The van der Waals surface area contributed by atoms with E-state index in [1.807, 2.05) is 24.5 Å². The zero-order valence-electron chi connectivity index (χ0n) is 11.6. The first-order chi connectivity index (χ1) is 9.72. The fourth-order valence-electron chi connectivity index (χ4n) is 2.84. The van der Waals surface area contributed by atoms with E-state index < -0.39 is 0 Å². The van der Waals surface area contributed by atoms with E-state index in [0.717, 1.165) is 27.7 Å². The highest BCUT2D eigenvalue weighted by Crippen LogP contribution is 2.23. The van der Waals surface area contributed by atoms with Gasteiger partial charge in [-0.15, -0.1) is 0 Å². The molecule has 2 aromatic rings. The highest BCUT2D eigenvalue weighted by Gasteiger charge is 2.17. The van der Waals surface area contributed by atoms with E-state index in [0.29, 0.717) is 5.92 Å². The number of nitrogens with one attached hydrogen (secondary N) is 1. The summed E-state index contributed by atoms with van der Waals surface area (Å²) in [5, 5.41) is 3.55. The Morgan fingerprint density at radius 2 is 2.35 bits per heavy atom. The largest absolute Gasteiger partial charge is 0.383 e. The van der Waals surface area contributed by atoms with Crippen molar-refractivity contribution >= 4 is 32.7 Å². The molecule has 1 aliphatic heterocycles. The quantitative estimate of drug-likeness (QED) is 0.936. The molecule has 0 amide bonds. The van der Waals surface area contributed by atoms with Crippen LogP contribution >= 0.6 is 15.9 Å². The number of rotatable bonds is 3. The normalized spacial score (nSPS) is 20.2. The second-order valence-corrected chi connectivity index (χ2v) is 6.45. The van der Waals surface area contributed by atoms with E-state index >= 15 is 0 Å². The molecule has 3 heterocycles. The van der Waals surface area contributed by atoms with Crippen LogP contribution in [0.1, 0.15) is 12.8 Å². The fraction of sp³-hybridized carbons (Fsp3) is 0.467. The van der Waals surface area contributed by atoms with E-state index in [1.54, 1.807) is 0 Å². The van der Waals surface area contributed by atoms with E-state index in [2.05, 4.69) is 43.2 Å². The lowest BCUT2D eigenvalue weighted by molar-refractivity contribution is 0.217. The van der Waals surface area contributed by atoms with Crippen molar-refractivity contribution in [2.75, 3.05) is 32.0 Å². The first-order valence-corrected chi connectivity index (χ1v) is 7.84. The van der Waals surface area contributed by atoms with Crippen LogP contribution in [0.3, 0.4) is 0 Å². The highest BCUT2D eigenvalue weighted by atomic mass is 79.9. The molecule has 5 heteroatoms. The Morgan fingerprint density at radius 1 is 1.45 bits per heavy atom. The second-order valence-electron chi connectivity index (χ2n) is 5.53. The van der Waals surface area contributed by atoms with E-state index in [4.69, 9.17) is 0 Å². The average Bonchev–Trinajstić information content (AvgIpc) is 2.44. The second kappa shape index (κ2) is 6.06. The first kappa shape index (κ1) is 13.8. The van der Waals surface area contributed by atoms with Crippen LogP contribution in [-0.2, 0) is 0 Å². The van der Waals surface area contributed by atoms with Crippen LogP contribution in [0.15, 0.2) is 29.0 Å². The van der Waals surface area contributed by atoms with Crippen molar-refractivity contribution < 1.29 is 0 Å². The molecule has 2 aromatic heterocycles. The van der Waals surface area contributed by atoms with Gasteiger partial charge in [0, 0.05) is 30.0 Å². The summed E-state index contributed by atoms with van der Waals surface area (Å²) in [6.07, 6.45) is 6.26. The van der Waals surface area contributed by atoms with Crippen molar-refractivity contribution in [3.63, 3.8) is 0 Å². The minimum Gasteiger partial charge on any atom is -0.383 e. The smallest absolute Gasteiger partial charge is 0.112 e. The summed E-state index contributed by atoms with van der Waals surface area (Å²) in [5.74, 6) is 0.715. The Bertz CT molecular complexity index is 601. The van der Waals surface area contributed by atoms with Crippen LogP contribution in [-0.4, -0.2) is 41.5 Å². The molecule has 1 unspecified atom stereocenters. The molecule has 0 aliphatic carbocycles. The third-order valence-electron chi connectivity index (χ3n) is 3.85. The van der Waals surface area contributed by atoms with Gasteiger partial charge in [0.05, 0.1) is 11.2 Å². The van der Waals surface area contributed by atoms with Crippen LogP contribution < -0.4 is 5.32 Å². The molecule has 0 spiro atoms. The molecule has 3 rings (SSSR count). The van der Waals surface area contributed by atoms with E-state index in [1.165, 1.54) is 25.9 Å². The number of hydrogen-bond donors (Lipinski definition) is 1. The number of fused-ring (bicyclic) bond motifs is 1. The molecule has 1 aliphatic rings. The number of likely N-dealkylation sites (tertiary alicyclic amines) is 1. The van der Waals surface area contributed by atoms with Gasteiger partial charge in [-0.25, -0.2) is 0 Å². The third kappa shape index (κ3) is 3.10. The predicted octanol–water partition coefficient (Wildman–Crippen LogP) is 3.15. The van der Waals surface area contributed by atoms with Gasteiger partial charge >= 0.3 is 0 Å². The van der Waals surface area contributed by atoms with Crippen LogP contribution in [0.2, 0.25) is 0 Å². The Hall–Kier alpha value is -1.20. The van der Waals surface area contributed by atoms with Crippen LogP contribution in [0, 0.1) is 5.92 Å². The summed E-state index contributed by atoms with van der Waals surface area (Å²) in [5.41, 5.74) is 2.95. The third-order valence-corrected chi connectivity index (χ3v) is 4.28. The Balaban J connectivity index is 1.74. The number of pyridine rings is 2. The fourth-order valence-corrected chi connectivity index (χ4v) is 3.16. The molecule has 0 saturated carbocycles. The molecule has 1 fully saturated rings. The molecule has 0 radical (unpaired) electrons. The molecular formula is C15H19BrN4. The minimum absolute atomic E-state index is 0.715. The summed E-state index contributed by atoms with van der Waals surface area (Å²) in [7, 11) is 2.20. The van der Waals surface area contributed by atoms with E-state index in [-0.39, 0.29) is 0 Å². The number of halogens is 1. The Kier molecular flexibility index (Phi) is 4.17. The van der Waals surface area contributed by atoms with Crippen molar-refractivity contribution in [1.29, 1.82) is 0 Å². The van der Waals surface area contributed by atoms with Gasteiger partial charge in [0.1, 0.15) is 5.52 Å². The standard InChI is InChI=1S/C15H19BrN4/c1-20-6-2-3-11(10-20)8-18-13-4-5-17-14-7-12(16)9-19-15(13)14/h4-5,7,9,11H,2-3,6,8,10H2,1H3,(H,17,18). The minimum atomic E-state index is 0.715. The molecule has 4 nitrogen and oxygen atoms in total. The van der Waals surface area contributed by atoms with Gasteiger partial charge in [-0.05, 0) is 60.4 Å². The number of anilines is 1. The molecule has 0 aromatic carbocycles. The summed E-state index contributed by atoms with van der Waals surface area (Å²) in [6.45, 7) is 3.40. The van der Waals surface area contributed by atoms with Gasteiger partial charge in [0.15, 0.2) is 0 Å². The number of piperidine rings is 1. The van der Waals surface area contributed by atoms with Gasteiger partial charge < -0.3 is 10.2 Å². The van der Waals surface area contributed by atoms with E-state index in [9.17, 15) is 0 Å². The maximum Gasteiger partial charge on any atom is 0.112 e. The Morgan fingerprint density at radius 3 is 3.20 bits per heavy atom. The number of hydrogen-bond acceptors (Lipinski definition) is 4. The van der Waals surface area contributed by atoms with Crippen LogP contribution in [0.5, 0.6) is 0 Å². The van der Waals surface area contributed by atoms with Gasteiger partial charge in [-0.1, -0.05) is 0 Å². The number of nitrogens with zero attached hydrogens (tertiary/aromatic N) is 3. The molecule has 20 heavy (non-hydrogen) atoms. The van der Waals surface area contributed by atoms with Gasteiger partial charge in [0.2, 0.25) is 0 Å². The van der Waals surface area contributed by atoms with Crippen molar-refractivity contribution in [1.82, 2.24) is 14.9 Å². The zero-order valence-corrected chi connectivity index (χ0v) is 13.2. The maximum absolute atomic E-state index is 4.48. The summed E-state index contributed by atoms with van der Waals surface area (Å²) in [4.78, 5) is 11.3. The van der Waals surface area contributed by atoms with Crippen molar-refractivity contribution in [3.8, 4) is 0 Å². The van der Waals surface area contributed by atoms with Gasteiger partial charge in [-0.2, -0.15) is 0 Å². The summed E-state index contributed by atoms with van der Waals surface area (Å²) < 4.78 is 0.962. The van der Waals surface area contributed by atoms with Crippen LogP contribution in [0.25, 0.3) is 11.0 Å². The first-order valence-electron chi connectivity index (χ1n) is 7.05. The Labute approximate surface area is 127 Å². The van der Waals surface area contributed by atoms with Crippen molar-refractivity contribution in [2.45, 2.75) is 12.8 Å².